The molecule has 0 aliphatic heterocycles. The number of carbonyl (C=O) groups excluding carboxylic acids is 2. The number of aryl methyl sites for hydroxylation is 1. The molecule has 226 valence electrons. The molecule has 0 aromatic heterocycles. The summed E-state index contributed by atoms with van der Waals surface area (Å²) in [5, 5.41) is 3.61. The van der Waals surface area contributed by atoms with Crippen LogP contribution in [-0.2, 0) is 26.2 Å². The fourth-order valence-electron chi connectivity index (χ4n) is 4.29. The Morgan fingerprint density at radius 1 is 1.02 bits per heavy atom. The molecule has 0 saturated heterocycles. The first-order chi connectivity index (χ1) is 19.9. The highest BCUT2D eigenvalue weighted by Crippen LogP contribution is 2.31. The number of carbonyl (C=O) groups is 2. The van der Waals surface area contributed by atoms with Gasteiger partial charge in [0.1, 0.15) is 18.3 Å². The van der Waals surface area contributed by atoms with Crippen LogP contribution in [0.3, 0.4) is 0 Å². The lowest BCUT2D eigenvalue weighted by Gasteiger charge is -2.33. The zero-order valence-electron chi connectivity index (χ0n) is 23.9. The molecule has 8 nitrogen and oxygen atoms in total. The minimum absolute atomic E-state index is 0.0250. The molecule has 0 radical (unpaired) electrons. The Hall–Kier alpha value is -2.79. The molecule has 0 heterocycles. The SMILES string of the molecule is CCCNC(=O)[C@H](CC)N(Cc1ccc(Cl)cc1Cl)C(=O)CN(c1ccc(C)cc1)S(=O)(=O)c1ccc(OC)c(Br)c1. The predicted molar refractivity (Wildman–Crippen MR) is 171 cm³/mol. The van der Waals surface area contributed by atoms with E-state index in [4.69, 9.17) is 27.9 Å². The van der Waals surface area contributed by atoms with Gasteiger partial charge in [-0.1, -0.05) is 60.8 Å². The molecule has 0 saturated carbocycles. The summed E-state index contributed by atoms with van der Waals surface area (Å²) in [7, 11) is -2.76. The molecule has 2 amide bonds. The monoisotopic (exact) mass is 697 g/mol. The standard InChI is InChI=1S/C30H34BrCl2N3O5S/c1-5-15-34-30(38)27(6-2)35(18-21-9-10-22(32)16-26(21)33)29(37)19-36(23-11-7-20(3)8-12-23)42(39,40)24-13-14-28(41-4)25(31)17-24/h7-14,16-17,27H,5-6,15,18-19H2,1-4H3,(H,34,38)/t27-/m0/s1. The molecular formula is C30H34BrCl2N3O5S. The second kappa shape index (κ2) is 15.1. The Kier molecular flexibility index (Phi) is 12.1. The normalized spacial score (nSPS) is 12.0. The first-order valence-electron chi connectivity index (χ1n) is 13.4. The fraction of sp³-hybridized carbons (Fsp3) is 0.333. The molecule has 3 rings (SSSR count). The van der Waals surface area contributed by atoms with E-state index in [1.807, 2.05) is 13.8 Å². The summed E-state index contributed by atoms with van der Waals surface area (Å²) in [6.45, 7) is 5.46. The summed E-state index contributed by atoms with van der Waals surface area (Å²) in [5.74, 6) is -0.445. The number of nitrogens with zero attached hydrogens (tertiary/aromatic N) is 2. The van der Waals surface area contributed by atoms with Crippen LogP contribution in [0.1, 0.15) is 37.8 Å². The molecule has 0 unspecified atom stereocenters. The van der Waals surface area contributed by atoms with Crippen molar-refractivity contribution in [2.45, 2.75) is 51.1 Å². The van der Waals surface area contributed by atoms with Gasteiger partial charge in [0, 0.05) is 23.1 Å². The molecular weight excluding hydrogens is 665 g/mol. The highest BCUT2D eigenvalue weighted by Gasteiger charge is 2.34. The van der Waals surface area contributed by atoms with Gasteiger partial charge in [-0.25, -0.2) is 8.42 Å². The van der Waals surface area contributed by atoms with Crippen molar-refractivity contribution < 1.29 is 22.7 Å². The van der Waals surface area contributed by atoms with E-state index >= 15 is 0 Å². The molecule has 0 bridgehead atoms. The van der Waals surface area contributed by atoms with E-state index in [1.54, 1.807) is 49.4 Å². The average molecular weight is 699 g/mol. The van der Waals surface area contributed by atoms with Crippen LogP contribution in [0.25, 0.3) is 0 Å². The molecule has 42 heavy (non-hydrogen) atoms. The number of anilines is 1. The lowest BCUT2D eigenvalue weighted by atomic mass is 10.1. The van der Waals surface area contributed by atoms with Crippen molar-refractivity contribution in [1.29, 1.82) is 0 Å². The number of halogens is 3. The van der Waals surface area contributed by atoms with Gasteiger partial charge in [0.2, 0.25) is 11.8 Å². The number of hydrogen-bond donors (Lipinski definition) is 1. The van der Waals surface area contributed by atoms with Crippen LogP contribution in [-0.4, -0.2) is 51.4 Å². The number of sulfonamides is 1. The largest absolute Gasteiger partial charge is 0.496 e. The summed E-state index contributed by atoms with van der Waals surface area (Å²) in [6, 6.07) is 15.2. The van der Waals surface area contributed by atoms with Gasteiger partial charge in [-0.2, -0.15) is 0 Å². The van der Waals surface area contributed by atoms with Gasteiger partial charge in [-0.05, 0) is 83.7 Å². The number of methoxy groups -OCH3 is 1. The second-order valence-electron chi connectivity index (χ2n) is 9.62. The van der Waals surface area contributed by atoms with Crippen molar-refractivity contribution in [3.05, 3.63) is 86.3 Å². The second-order valence-corrected chi connectivity index (χ2v) is 13.2. The molecule has 1 atom stereocenters. The maximum absolute atomic E-state index is 14.1. The van der Waals surface area contributed by atoms with E-state index in [-0.39, 0.29) is 17.3 Å². The average Bonchev–Trinajstić information content (AvgIpc) is 2.96. The molecule has 3 aromatic carbocycles. The van der Waals surface area contributed by atoms with E-state index in [0.717, 1.165) is 16.3 Å². The van der Waals surface area contributed by atoms with Crippen molar-refractivity contribution >= 4 is 66.7 Å². The van der Waals surface area contributed by atoms with Gasteiger partial charge in [-0.15, -0.1) is 0 Å². The van der Waals surface area contributed by atoms with Gasteiger partial charge >= 0.3 is 0 Å². The molecule has 12 heteroatoms. The number of hydrogen-bond acceptors (Lipinski definition) is 5. The quantitative estimate of drug-likeness (QED) is 0.217. The number of amides is 2. The minimum atomic E-state index is -4.24. The van der Waals surface area contributed by atoms with E-state index < -0.39 is 28.5 Å². The molecule has 0 spiro atoms. The Morgan fingerprint density at radius 2 is 1.71 bits per heavy atom. The Balaban J connectivity index is 2.09. The third-order valence-electron chi connectivity index (χ3n) is 6.60. The summed E-state index contributed by atoms with van der Waals surface area (Å²) < 4.78 is 34.9. The molecule has 0 fully saturated rings. The number of ether oxygens (including phenoxy) is 1. The lowest BCUT2D eigenvalue weighted by molar-refractivity contribution is -0.140. The van der Waals surface area contributed by atoms with Crippen LogP contribution in [0.2, 0.25) is 10.0 Å². The molecule has 1 N–H and O–H groups in total. The van der Waals surface area contributed by atoms with E-state index in [9.17, 15) is 18.0 Å². The number of nitrogens with one attached hydrogen (secondary N) is 1. The van der Waals surface area contributed by atoms with Crippen molar-refractivity contribution in [3.63, 3.8) is 0 Å². The van der Waals surface area contributed by atoms with Crippen molar-refractivity contribution in [3.8, 4) is 5.75 Å². The Labute approximate surface area is 266 Å². The van der Waals surface area contributed by atoms with Gasteiger partial charge < -0.3 is 15.0 Å². The first-order valence-corrected chi connectivity index (χ1v) is 16.4. The number of rotatable bonds is 13. The summed E-state index contributed by atoms with van der Waals surface area (Å²) in [6.07, 6.45) is 1.02. The maximum atomic E-state index is 14.1. The Bertz CT molecular complexity index is 1520. The van der Waals surface area contributed by atoms with Crippen LogP contribution in [0.5, 0.6) is 5.75 Å². The number of benzene rings is 3. The fourth-order valence-corrected chi connectivity index (χ4v) is 6.89. The van der Waals surface area contributed by atoms with Gasteiger partial charge in [0.05, 0.1) is 22.2 Å². The van der Waals surface area contributed by atoms with Crippen LogP contribution < -0.4 is 14.4 Å². The molecule has 3 aromatic rings. The van der Waals surface area contributed by atoms with Crippen LogP contribution in [0, 0.1) is 6.92 Å². The van der Waals surface area contributed by atoms with Crippen LogP contribution in [0.4, 0.5) is 5.69 Å². The highest BCUT2D eigenvalue weighted by atomic mass is 79.9. The van der Waals surface area contributed by atoms with Crippen molar-refractivity contribution in [2.75, 3.05) is 24.5 Å². The maximum Gasteiger partial charge on any atom is 0.264 e. The van der Waals surface area contributed by atoms with Gasteiger partial charge in [-0.3, -0.25) is 13.9 Å². The van der Waals surface area contributed by atoms with Gasteiger partial charge in [0.25, 0.3) is 10.0 Å². The van der Waals surface area contributed by atoms with E-state index in [1.165, 1.54) is 30.2 Å². The van der Waals surface area contributed by atoms with Gasteiger partial charge in [0.15, 0.2) is 0 Å². The predicted octanol–water partition coefficient (Wildman–Crippen LogP) is 6.60. The molecule has 0 aliphatic carbocycles. The highest BCUT2D eigenvalue weighted by molar-refractivity contribution is 9.10. The van der Waals surface area contributed by atoms with Crippen LogP contribution >= 0.6 is 39.1 Å². The summed E-state index contributed by atoms with van der Waals surface area (Å²) in [5.41, 5.74) is 1.79. The van der Waals surface area contributed by atoms with E-state index in [0.29, 0.717) is 44.5 Å². The summed E-state index contributed by atoms with van der Waals surface area (Å²) in [4.78, 5) is 28.7. The lowest BCUT2D eigenvalue weighted by Crippen LogP contribution is -2.52. The zero-order valence-corrected chi connectivity index (χ0v) is 27.8. The Morgan fingerprint density at radius 3 is 2.29 bits per heavy atom. The topological polar surface area (TPSA) is 96.0 Å². The smallest absolute Gasteiger partial charge is 0.264 e. The molecule has 0 aliphatic rings. The first kappa shape index (κ1) is 33.7. The third-order valence-corrected chi connectivity index (χ3v) is 9.58. The van der Waals surface area contributed by atoms with E-state index in [2.05, 4.69) is 21.2 Å². The summed E-state index contributed by atoms with van der Waals surface area (Å²) >= 11 is 15.9. The third kappa shape index (κ3) is 8.18. The van der Waals surface area contributed by atoms with Crippen molar-refractivity contribution in [2.24, 2.45) is 0 Å². The van der Waals surface area contributed by atoms with Crippen LogP contribution in [0.15, 0.2) is 70.0 Å². The zero-order chi connectivity index (χ0) is 31.0. The minimum Gasteiger partial charge on any atom is -0.496 e. The van der Waals surface area contributed by atoms with Crippen molar-refractivity contribution in [1.82, 2.24) is 10.2 Å².